The molecule has 1 amide bonds. The normalized spacial score (nSPS) is 10.9. The molecule has 0 bridgehead atoms. The highest BCUT2D eigenvalue weighted by atomic mass is 16.6. The summed E-state index contributed by atoms with van der Waals surface area (Å²) in [6.07, 6.45) is 0. The molecule has 0 radical (unpaired) electrons. The van der Waals surface area contributed by atoms with Crippen molar-refractivity contribution in [3.63, 3.8) is 0 Å². The average molecular weight is 374 g/mol. The lowest BCUT2D eigenvalue weighted by atomic mass is 10.2. The molecule has 2 N–H and O–H groups in total. The molecule has 0 unspecified atom stereocenters. The number of carbonyl (C=O) groups is 1. The third-order valence-electron chi connectivity index (χ3n) is 3.87. The van der Waals surface area contributed by atoms with Gasteiger partial charge in [-0.2, -0.15) is 0 Å². The number of non-ortho nitro benzene ring substituents is 1. The molecule has 28 heavy (non-hydrogen) atoms. The molecule has 0 fully saturated rings. The molecular formula is C21H18N4O3. The summed E-state index contributed by atoms with van der Waals surface area (Å²) in [6.45, 7) is 0.366. The summed E-state index contributed by atoms with van der Waals surface area (Å²) in [7, 11) is 0. The van der Waals surface area contributed by atoms with Gasteiger partial charge in [0.2, 0.25) is 5.96 Å². The van der Waals surface area contributed by atoms with Crippen molar-refractivity contribution in [1.82, 2.24) is 5.32 Å². The lowest BCUT2D eigenvalue weighted by Crippen LogP contribution is -2.36. The molecule has 0 aliphatic carbocycles. The fourth-order valence-electron chi connectivity index (χ4n) is 2.44. The smallest absolute Gasteiger partial charge is 0.269 e. The fourth-order valence-corrected chi connectivity index (χ4v) is 2.44. The van der Waals surface area contributed by atoms with E-state index >= 15 is 0 Å². The molecule has 0 saturated carbocycles. The molecule has 0 spiro atoms. The Bertz CT molecular complexity index is 972. The number of nitro benzene ring substituents is 1. The standard InChI is InChI=1S/C21H18N4O3/c26-20(17-9-5-2-6-10-17)24-21(22-15-16-7-3-1-4-8-16)23-18-11-13-19(14-12-18)25(27)28/h1-14H,15H2,(H2,22,23,24,26). The number of hydrogen-bond donors (Lipinski definition) is 2. The van der Waals surface area contributed by atoms with E-state index in [0.29, 0.717) is 17.8 Å². The highest BCUT2D eigenvalue weighted by Crippen LogP contribution is 2.15. The highest BCUT2D eigenvalue weighted by molar-refractivity contribution is 6.09. The zero-order valence-electron chi connectivity index (χ0n) is 14.9. The SMILES string of the molecule is O=C(NC(=NCc1ccccc1)Nc1ccc([N+](=O)[O-])cc1)c1ccccc1. The third kappa shape index (κ3) is 5.25. The lowest BCUT2D eigenvalue weighted by molar-refractivity contribution is -0.384. The van der Waals surface area contributed by atoms with Gasteiger partial charge in [-0.25, -0.2) is 4.99 Å². The Balaban J connectivity index is 1.79. The Morgan fingerprint density at radius 1 is 0.893 bits per heavy atom. The Labute approximate surface area is 161 Å². The molecule has 7 heteroatoms. The molecule has 0 atom stereocenters. The Kier molecular flexibility index (Phi) is 6.10. The molecule has 0 heterocycles. The second-order valence-electron chi connectivity index (χ2n) is 5.90. The van der Waals surface area contributed by atoms with Crippen LogP contribution < -0.4 is 10.6 Å². The summed E-state index contributed by atoms with van der Waals surface area (Å²) in [4.78, 5) is 27.3. The van der Waals surface area contributed by atoms with Crippen molar-refractivity contribution in [1.29, 1.82) is 0 Å². The van der Waals surface area contributed by atoms with Gasteiger partial charge in [0.1, 0.15) is 0 Å². The van der Waals surface area contributed by atoms with E-state index in [0.717, 1.165) is 5.56 Å². The summed E-state index contributed by atoms with van der Waals surface area (Å²) in [5.74, 6) is -0.0478. The monoisotopic (exact) mass is 374 g/mol. The number of hydrogen-bond acceptors (Lipinski definition) is 4. The molecule has 3 aromatic rings. The maximum Gasteiger partial charge on any atom is 0.269 e. The molecule has 0 saturated heterocycles. The minimum Gasteiger partial charge on any atom is -0.326 e. The summed E-state index contributed by atoms with van der Waals surface area (Å²) < 4.78 is 0. The maximum absolute atomic E-state index is 12.5. The molecule has 0 aliphatic heterocycles. The molecule has 3 rings (SSSR count). The summed E-state index contributed by atoms with van der Waals surface area (Å²) in [5, 5.41) is 16.6. The predicted molar refractivity (Wildman–Crippen MR) is 108 cm³/mol. The zero-order chi connectivity index (χ0) is 19.8. The Morgan fingerprint density at radius 3 is 2.11 bits per heavy atom. The first-order valence-corrected chi connectivity index (χ1v) is 8.58. The number of rotatable bonds is 5. The number of nitrogens with zero attached hydrogens (tertiary/aromatic N) is 2. The van der Waals surface area contributed by atoms with E-state index in [4.69, 9.17) is 0 Å². The van der Waals surface area contributed by atoms with Crippen LogP contribution in [-0.2, 0) is 6.54 Å². The maximum atomic E-state index is 12.5. The van der Waals surface area contributed by atoms with Gasteiger partial charge in [0.05, 0.1) is 11.5 Å². The summed E-state index contributed by atoms with van der Waals surface area (Å²) in [5.41, 5.74) is 2.05. The van der Waals surface area contributed by atoms with E-state index in [1.807, 2.05) is 36.4 Å². The minimum absolute atomic E-state index is 0.0124. The van der Waals surface area contributed by atoms with E-state index in [1.54, 1.807) is 36.4 Å². The quantitative estimate of drug-likeness (QED) is 0.305. The van der Waals surface area contributed by atoms with E-state index in [9.17, 15) is 14.9 Å². The first-order valence-electron chi connectivity index (χ1n) is 8.58. The first-order chi connectivity index (χ1) is 13.6. The summed E-state index contributed by atoms with van der Waals surface area (Å²) >= 11 is 0. The van der Waals surface area contributed by atoms with Crippen molar-refractivity contribution >= 4 is 23.2 Å². The van der Waals surface area contributed by atoms with Gasteiger partial charge in [-0.3, -0.25) is 20.2 Å². The van der Waals surface area contributed by atoms with Gasteiger partial charge in [0.25, 0.3) is 11.6 Å². The van der Waals surface area contributed by atoms with Gasteiger partial charge < -0.3 is 5.32 Å². The second-order valence-corrected chi connectivity index (χ2v) is 5.90. The van der Waals surface area contributed by atoms with Crippen molar-refractivity contribution in [2.75, 3.05) is 5.32 Å². The molecule has 0 aromatic heterocycles. The number of benzene rings is 3. The van der Waals surface area contributed by atoms with Crippen LogP contribution in [0, 0.1) is 10.1 Å². The van der Waals surface area contributed by atoms with E-state index in [1.165, 1.54) is 12.1 Å². The van der Waals surface area contributed by atoms with Crippen LogP contribution >= 0.6 is 0 Å². The second kappa shape index (κ2) is 9.09. The third-order valence-corrected chi connectivity index (χ3v) is 3.87. The number of carbonyl (C=O) groups excluding carboxylic acids is 1. The van der Waals surface area contributed by atoms with Gasteiger partial charge >= 0.3 is 0 Å². The Morgan fingerprint density at radius 2 is 1.50 bits per heavy atom. The molecular weight excluding hydrogens is 356 g/mol. The fraction of sp³-hybridized carbons (Fsp3) is 0.0476. The van der Waals surface area contributed by atoms with Crippen molar-refractivity contribution in [2.24, 2.45) is 4.99 Å². The number of guanidine groups is 1. The number of amides is 1. The Hall–Kier alpha value is -4.00. The van der Waals surface area contributed by atoms with Crippen LogP contribution in [0.4, 0.5) is 11.4 Å². The minimum atomic E-state index is -0.467. The zero-order valence-corrected chi connectivity index (χ0v) is 14.9. The topological polar surface area (TPSA) is 96.6 Å². The van der Waals surface area contributed by atoms with Crippen LogP contribution in [0.1, 0.15) is 15.9 Å². The molecule has 0 aliphatic rings. The number of anilines is 1. The van der Waals surface area contributed by atoms with Crippen molar-refractivity contribution < 1.29 is 9.72 Å². The first kappa shape index (κ1) is 18.8. The lowest BCUT2D eigenvalue weighted by Gasteiger charge is -2.12. The molecule has 3 aromatic carbocycles. The van der Waals surface area contributed by atoms with Gasteiger partial charge in [0.15, 0.2) is 0 Å². The van der Waals surface area contributed by atoms with Gasteiger partial charge in [0, 0.05) is 23.4 Å². The predicted octanol–water partition coefficient (Wildman–Crippen LogP) is 3.99. The van der Waals surface area contributed by atoms with Crippen LogP contribution in [0.25, 0.3) is 0 Å². The molecule has 140 valence electrons. The number of aliphatic imine (C=N–C) groups is 1. The number of nitrogens with one attached hydrogen (secondary N) is 2. The summed E-state index contributed by atoms with van der Waals surface area (Å²) in [6, 6.07) is 24.3. The van der Waals surface area contributed by atoms with Crippen LogP contribution in [0.3, 0.4) is 0 Å². The van der Waals surface area contributed by atoms with Crippen LogP contribution in [0.15, 0.2) is 89.9 Å². The highest BCUT2D eigenvalue weighted by Gasteiger charge is 2.10. The van der Waals surface area contributed by atoms with E-state index in [-0.39, 0.29) is 17.6 Å². The van der Waals surface area contributed by atoms with E-state index in [2.05, 4.69) is 15.6 Å². The van der Waals surface area contributed by atoms with E-state index < -0.39 is 4.92 Å². The van der Waals surface area contributed by atoms with Gasteiger partial charge in [-0.05, 0) is 29.8 Å². The van der Waals surface area contributed by atoms with Crippen LogP contribution in [-0.4, -0.2) is 16.8 Å². The van der Waals surface area contributed by atoms with Crippen molar-refractivity contribution in [2.45, 2.75) is 6.54 Å². The van der Waals surface area contributed by atoms with Gasteiger partial charge in [-0.1, -0.05) is 48.5 Å². The van der Waals surface area contributed by atoms with Crippen molar-refractivity contribution in [3.05, 3.63) is 106 Å². The van der Waals surface area contributed by atoms with Gasteiger partial charge in [-0.15, -0.1) is 0 Å². The average Bonchev–Trinajstić information content (AvgIpc) is 2.73. The largest absolute Gasteiger partial charge is 0.326 e. The number of nitro groups is 1. The molecule has 7 nitrogen and oxygen atoms in total. The van der Waals surface area contributed by atoms with Crippen LogP contribution in [0.5, 0.6) is 0 Å². The van der Waals surface area contributed by atoms with Crippen molar-refractivity contribution in [3.8, 4) is 0 Å². The van der Waals surface area contributed by atoms with Crippen LogP contribution in [0.2, 0.25) is 0 Å².